The maximum Gasteiger partial charge on any atom is 0.255 e. The van der Waals surface area contributed by atoms with Crippen molar-refractivity contribution in [2.24, 2.45) is 5.92 Å². The largest absolute Gasteiger partial charge is 0.352 e. The number of nitrogens with zero attached hydrogens (tertiary/aromatic N) is 2. The van der Waals surface area contributed by atoms with E-state index >= 15 is 0 Å². The van der Waals surface area contributed by atoms with Gasteiger partial charge in [-0.3, -0.25) is 14.6 Å². The maximum atomic E-state index is 12.4. The molecule has 0 radical (unpaired) electrons. The maximum absolute atomic E-state index is 12.4. The van der Waals surface area contributed by atoms with E-state index in [4.69, 9.17) is 11.6 Å². The highest BCUT2D eigenvalue weighted by Crippen LogP contribution is 2.20. The Morgan fingerprint density at radius 1 is 1.16 bits per heavy atom. The minimum atomic E-state index is -0.0690. The van der Waals surface area contributed by atoms with Gasteiger partial charge in [-0.1, -0.05) is 29.8 Å². The number of likely N-dealkylation sites (tertiary alicyclic amines) is 1. The molecular weight excluding hydrogens is 338 g/mol. The Bertz CT molecular complexity index is 743. The van der Waals surface area contributed by atoms with Crippen molar-refractivity contribution in [2.45, 2.75) is 19.4 Å². The Morgan fingerprint density at radius 2 is 1.92 bits per heavy atom. The fourth-order valence-corrected chi connectivity index (χ4v) is 3.19. The van der Waals surface area contributed by atoms with Crippen molar-refractivity contribution < 1.29 is 9.59 Å². The van der Waals surface area contributed by atoms with E-state index in [1.807, 2.05) is 24.3 Å². The standard InChI is InChI=1S/C19H20ClN3O2/c20-17-6-2-1-4-15(17)13-22-18(24)14-7-10-23(11-8-14)19(25)16-5-3-9-21-12-16/h1-6,9,12,14H,7-8,10-11,13H2,(H,22,24). The first-order valence-electron chi connectivity index (χ1n) is 8.35. The molecule has 3 rings (SSSR count). The summed E-state index contributed by atoms with van der Waals surface area (Å²) in [5.41, 5.74) is 1.49. The second-order valence-electron chi connectivity index (χ2n) is 6.12. The van der Waals surface area contributed by atoms with Gasteiger partial charge in [-0.15, -0.1) is 0 Å². The molecule has 1 aromatic carbocycles. The quantitative estimate of drug-likeness (QED) is 0.915. The van der Waals surface area contributed by atoms with Crippen LogP contribution in [0.1, 0.15) is 28.8 Å². The third-order valence-corrected chi connectivity index (χ3v) is 4.84. The molecule has 0 bridgehead atoms. The summed E-state index contributed by atoms with van der Waals surface area (Å²) in [6.07, 6.45) is 4.55. The number of pyridine rings is 1. The first kappa shape index (κ1) is 17.4. The highest BCUT2D eigenvalue weighted by molar-refractivity contribution is 6.31. The van der Waals surface area contributed by atoms with Gasteiger partial charge in [0.05, 0.1) is 5.56 Å². The molecule has 0 unspecified atom stereocenters. The number of amides is 2. The summed E-state index contributed by atoms with van der Waals surface area (Å²) in [4.78, 5) is 30.5. The van der Waals surface area contributed by atoms with Gasteiger partial charge in [0.15, 0.2) is 0 Å². The number of hydrogen-bond donors (Lipinski definition) is 1. The Labute approximate surface area is 152 Å². The normalized spacial score (nSPS) is 15.0. The van der Waals surface area contributed by atoms with Gasteiger partial charge in [-0.05, 0) is 36.6 Å². The molecular formula is C19H20ClN3O2. The van der Waals surface area contributed by atoms with Crippen LogP contribution in [0.3, 0.4) is 0 Å². The predicted octanol–water partition coefficient (Wildman–Crippen LogP) is 2.90. The fraction of sp³-hybridized carbons (Fsp3) is 0.316. The molecule has 1 fully saturated rings. The van der Waals surface area contributed by atoms with Gasteiger partial charge in [-0.2, -0.15) is 0 Å². The van der Waals surface area contributed by atoms with E-state index in [-0.39, 0.29) is 17.7 Å². The van der Waals surface area contributed by atoms with Gasteiger partial charge in [0, 0.05) is 43.0 Å². The first-order chi connectivity index (χ1) is 12.1. The highest BCUT2D eigenvalue weighted by Gasteiger charge is 2.27. The second-order valence-corrected chi connectivity index (χ2v) is 6.52. The van der Waals surface area contributed by atoms with Crippen molar-refractivity contribution in [3.8, 4) is 0 Å². The summed E-state index contributed by atoms with van der Waals surface area (Å²) in [7, 11) is 0. The number of rotatable bonds is 4. The number of piperidine rings is 1. The SMILES string of the molecule is O=C(NCc1ccccc1Cl)C1CCN(C(=O)c2cccnc2)CC1. The topological polar surface area (TPSA) is 62.3 Å². The van der Waals surface area contributed by atoms with Crippen LogP contribution in [0.15, 0.2) is 48.8 Å². The van der Waals surface area contributed by atoms with E-state index in [9.17, 15) is 9.59 Å². The first-order valence-corrected chi connectivity index (χ1v) is 8.73. The lowest BCUT2D eigenvalue weighted by atomic mass is 9.95. The molecule has 0 aliphatic carbocycles. The van der Waals surface area contributed by atoms with Crippen LogP contribution in [-0.4, -0.2) is 34.8 Å². The van der Waals surface area contributed by atoms with Crippen LogP contribution in [0.5, 0.6) is 0 Å². The van der Waals surface area contributed by atoms with Gasteiger partial charge >= 0.3 is 0 Å². The number of benzene rings is 1. The zero-order chi connectivity index (χ0) is 17.6. The summed E-state index contributed by atoms with van der Waals surface area (Å²) in [6.45, 7) is 1.59. The van der Waals surface area contributed by atoms with Gasteiger partial charge < -0.3 is 10.2 Å². The van der Waals surface area contributed by atoms with Gasteiger partial charge in [-0.25, -0.2) is 0 Å². The number of carbonyl (C=O) groups excluding carboxylic acids is 2. The van der Waals surface area contributed by atoms with E-state index in [0.29, 0.717) is 43.1 Å². The summed E-state index contributed by atoms with van der Waals surface area (Å²) in [5, 5.41) is 3.60. The number of nitrogens with one attached hydrogen (secondary N) is 1. The molecule has 1 aromatic heterocycles. The van der Waals surface area contributed by atoms with Crippen LogP contribution in [0, 0.1) is 5.92 Å². The highest BCUT2D eigenvalue weighted by atomic mass is 35.5. The van der Waals surface area contributed by atoms with Crippen molar-refractivity contribution in [2.75, 3.05) is 13.1 Å². The molecule has 0 saturated carbocycles. The van der Waals surface area contributed by atoms with E-state index < -0.39 is 0 Å². The molecule has 2 aromatic rings. The van der Waals surface area contributed by atoms with Crippen LogP contribution in [0.4, 0.5) is 0 Å². The lowest BCUT2D eigenvalue weighted by Crippen LogP contribution is -2.43. The molecule has 1 N–H and O–H groups in total. The van der Waals surface area contributed by atoms with Crippen LogP contribution in [0.25, 0.3) is 0 Å². The Hall–Kier alpha value is -2.40. The van der Waals surface area contributed by atoms with Gasteiger partial charge in [0.25, 0.3) is 5.91 Å². The molecule has 0 spiro atoms. The minimum absolute atomic E-state index is 0.0217. The van der Waals surface area contributed by atoms with E-state index in [1.54, 1.807) is 29.4 Å². The minimum Gasteiger partial charge on any atom is -0.352 e. The molecule has 5 nitrogen and oxygen atoms in total. The van der Waals surface area contributed by atoms with Crippen LogP contribution in [-0.2, 0) is 11.3 Å². The van der Waals surface area contributed by atoms with E-state index in [1.165, 1.54) is 0 Å². The van der Waals surface area contributed by atoms with Crippen LogP contribution >= 0.6 is 11.6 Å². The Kier molecular flexibility index (Phi) is 5.66. The van der Waals surface area contributed by atoms with Crippen molar-refractivity contribution >= 4 is 23.4 Å². The number of hydrogen-bond acceptors (Lipinski definition) is 3. The van der Waals surface area contributed by atoms with Crippen molar-refractivity contribution in [3.05, 3.63) is 64.9 Å². The molecule has 2 amide bonds. The monoisotopic (exact) mass is 357 g/mol. The molecule has 0 atom stereocenters. The van der Waals surface area contributed by atoms with Crippen LogP contribution in [0.2, 0.25) is 5.02 Å². The zero-order valence-electron chi connectivity index (χ0n) is 13.8. The number of aromatic nitrogens is 1. The Balaban J connectivity index is 1.49. The smallest absolute Gasteiger partial charge is 0.255 e. The fourth-order valence-electron chi connectivity index (χ4n) is 2.99. The molecule has 1 aliphatic rings. The lowest BCUT2D eigenvalue weighted by molar-refractivity contribution is -0.126. The van der Waals surface area contributed by atoms with Crippen molar-refractivity contribution in [3.63, 3.8) is 0 Å². The number of halogens is 1. The zero-order valence-corrected chi connectivity index (χ0v) is 14.6. The molecule has 6 heteroatoms. The van der Waals surface area contributed by atoms with E-state index in [2.05, 4.69) is 10.3 Å². The average molecular weight is 358 g/mol. The van der Waals surface area contributed by atoms with Crippen molar-refractivity contribution in [1.82, 2.24) is 15.2 Å². The summed E-state index contributed by atoms with van der Waals surface area (Å²) < 4.78 is 0. The van der Waals surface area contributed by atoms with Gasteiger partial charge in [0.1, 0.15) is 0 Å². The molecule has 1 saturated heterocycles. The summed E-state index contributed by atoms with van der Waals surface area (Å²) >= 11 is 6.11. The Morgan fingerprint density at radius 3 is 2.60 bits per heavy atom. The number of carbonyl (C=O) groups is 2. The van der Waals surface area contributed by atoms with Gasteiger partial charge in [0.2, 0.25) is 5.91 Å². The summed E-state index contributed by atoms with van der Waals surface area (Å²) in [6, 6.07) is 11.0. The lowest BCUT2D eigenvalue weighted by Gasteiger charge is -2.31. The molecule has 1 aliphatic heterocycles. The van der Waals surface area contributed by atoms with E-state index in [0.717, 1.165) is 5.56 Å². The molecule has 2 heterocycles. The average Bonchev–Trinajstić information content (AvgIpc) is 2.67. The van der Waals surface area contributed by atoms with Crippen molar-refractivity contribution in [1.29, 1.82) is 0 Å². The van der Waals surface area contributed by atoms with Crippen LogP contribution < -0.4 is 5.32 Å². The third-order valence-electron chi connectivity index (χ3n) is 4.47. The second kappa shape index (κ2) is 8.12. The molecule has 130 valence electrons. The predicted molar refractivity (Wildman–Crippen MR) is 96.2 cm³/mol. The molecule has 25 heavy (non-hydrogen) atoms. The third kappa shape index (κ3) is 4.37. The summed E-state index contributed by atoms with van der Waals surface area (Å²) in [5.74, 6) is -0.0724.